The number of alkyl halides is 1. The molecule has 1 atom stereocenters. The number of halogens is 1. The minimum Gasteiger partial charge on any atom is -0.493 e. The average molecular weight is 515 g/mol. The Hall–Kier alpha value is -2.73. The van der Waals surface area contributed by atoms with E-state index in [1.54, 1.807) is 24.1 Å². The van der Waals surface area contributed by atoms with E-state index in [1.165, 1.54) is 12.8 Å². The van der Waals surface area contributed by atoms with E-state index in [1.807, 2.05) is 51.1 Å². The van der Waals surface area contributed by atoms with Crippen molar-refractivity contribution in [3.05, 3.63) is 59.2 Å². The molecule has 1 fully saturated rings. The standard InChI is InChI=1S/C29H39ClN2O4/c1-20(2)36-25-16-15-23(17-26(25)35-4)28(29(34)31-24-9-7-5-6-8-10-24)32(27(33)18-30)19-22-13-11-21(3)12-14-22/h11-17,20,24,28H,5-10,18-19H2,1-4H3,(H,31,34). The first kappa shape index (κ1) is 27.9. The number of hydrogen-bond acceptors (Lipinski definition) is 4. The van der Waals surface area contributed by atoms with Gasteiger partial charge in [-0.05, 0) is 56.9 Å². The van der Waals surface area contributed by atoms with E-state index in [0.717, 1.165) is 36.8 Å². The van der Waals surface area contributed by atoms with E-state index < -0.39 is 6.04 Å². The predicted molar refractivity (Wildman–Crippen MR) is 144 cm³/mol. The Kier molecular flexibility index (Phi) is 10.5. The second-order valence-electron chi connectivity index (χ2n) is 9.82. The first-order valence-electron chi connectivity index (χ1n) is 12.9. The molecular weight excluding hydrogens is 476 g/mol. The topological polar surface area (TPSA) is 67.9 Å². The fourth-order valence-corrected chi connectivity index (χ4v) is 4.83. The molecule has 0 aromatic heterocycles. The van der Waals surface area contributed by atoms with Crippen molar-refractivity contribution < 1.29 is 19.1 Å². The molecule has 1 N–H and O–H groups in total. The van der Waals surface area contributed by atoms with Gasteiger partial charge in [0.1, 0.15) is 11.9 Å². The summed E-state index contributed by atoms with van der Waals surface area (Å²) in [6.07, 6.45) is 6.43. The van der Waals surface area contributed by atoms with Gasteiger partial charge in [0.25, 0.3) is 0 Å². The van der Waals surface area contributed by atoms with Crippen LogP contribution in [0.5, 0.6) is 11.5 Å². The number of ether oxygens (including phenoxy) is 2. The molecule has 7 heteroatoms. The minimum absolute atomic E-state index is 0.0325. The van der Waals surface area contributed by atoms with Crippen LogP contribution in [-0.4, -0.2) is 41.8 Å². The average Bonchev–Trinajstić information content (AvgIpc) is 3.13. The van der Waals surface area contributed by atoms with Crippen LogP contribution < -0.4 is 14.8 Å². The summed E-state index contributed by atoms with van der Waals surface area (Å²) in [5.74, 6) is 0.381. The van der Waals surface area contributed by atoms with Crippen LogP contribution in [-0.2, 0) is 16.1 Å². The summed E-state index contributed by atoms with van der Waals surface area (Å²) in [6.45, 7) is 6.17. The largest absolute Gasteiger partial charge is 0.493 e. The van der Waals surface area contributed by atoms with Crippen molar-refractivity contribution in [2.45, 2.75) is 84.0 Å². The van der Waals surface area contributed by atoms with Gasteiger partial charge < -0.3 is 19.7 Å². The van der Waals surface area contributed by atoms with Crippen molar-refractivity contribution in [3.63, 3.8) is 0 Å². The number of hydrogen-bond donors (Lipinski definition) is 1. The third kappa shape index (κ3) is 7.63. The van der Waals surface area contributed by atoms with Crippen LogP contribution in [0.25, 0.3) is 0 Å². The summed E-state index contributed by atoms with van der Waals surface area (Å²) in [7, 11) is 1.57. The van der Waals surface area contributed by atoms with Crippen LogP contribution >= 0.6 is 11.6 Å². The molecule has 1 saturated carbocycles. The number of benzene rings is 2. The number of rotatable bonds is 10. The molecule has 196 valence electrons. The molecule has 0 saturated heterocycles. The van der Waals surface area contributed by atoms with Gasteiger partial charge in [-0.15, -0.1) is 11.6 Å². The zero-order valence-corrected chi connectivity index (χ0v) is 22.6. The summed E-state index contributed by atoms with van der Waals surface area (Å²) in [6, 6.07) is 12.6. The summed E-state index contributed by atoms with van der Waals surface area (Å²) in [5.41, 5.74) is 2.71. The molecule has 0 radical (unpaired) electrons. The monoisotopic (exact) mass is 514 g/mol. The van der Waals surface area contributed by atoms with Crippen LogP contribution in [0.3, 0.4) is 0 Å². The molecule has 1 aliphatic rings. The fourth-order valence-electron chi connectivity index (χ4n) is 4.67. The van der Waals surface area contributed by atoms with Crippen molar-refractivity contribution in [2.24, 2.45) is 0 Å². The van der Waals surface area contributed by atoms with Crippen LogP contribution in [0.2, 0.25) is 0 Å². The van der Waals surface area contributed by atoms with Crippen LogP contribution in [0.15, 0.2) is 42.5 Å². The zero-order chi connectivity index (χ0) is 26.1. The molecule has 2 aromatic carbocycles. The van der Waals surface area contributed by atoms with Crippen molar-refractivity contribution in [1.29, 1.82) is 0 Å². The molecule has 0 heterocycles. The molecule has 3 rings (SSSR count). The Morgan fingerprint density at radius 2 is 1.69 bits per heavy atom. The molecule has 1 unspecified atom stereocenters. The van der Waals surface area contributed by atoms with Gasteiger partial charge >= 0.3 is 0 Å². The smallest absolute Gasteiger partial charge is 0.247 e. The maximum Gasteiger partial charge on any atom is 0.247 e. The zero-order valence-electron chi connectivity index (χ0n) is 21.9. The number of aryl methyl sites for hydroxylation is 1. The molecule has 0 aliphatic heterocycles. The van der Waals surface area contributed by atoms with E-state index in [-0.39, 0.29) is 36.4 Å². The van der Waals surface area contributed by atoms with Crippen LogP contribution in [0.4, 0.5) is 0 Å². The predicted octanol–water partition coefficient (Wildman–Crippen LogP) is 5.94. The highest BCUT2D eigenvalue weighted by atomic mass is 35.5. The fraction of sp³-hybridized carbons (Fsp3) is 0.517. The molecule has 2 amide bonds. The molecule has 0 bridgehead atoms. The number of methoxy groups -OCH3 is 1. The van der Waals surface area contributed by atoms with Gasteiger partial charge in [-0.3, -0.25) is 9.59 Å². The van der Waals surface area contributed by atoms with Gasteiger partial charge in [-0.1, -0.05) is 61.6 Å². The first-order valence-corrected chi connectivity index (χ1v) is 13.4. The van der Waals surface area contributed by atoms with Crippen LogP contribution in [0, 0.1) is 6.92 Å². The van der Waals surface area contributed by atoms with Crippen molar-refractivity contribution in [1.82, 2.24) is 10.2 Å². The summed E-state index contributed by atoms with van der Waals surface area (Å²) >= 11 is 6.06. The third-order valence-corrected chi connectivity index (χ3v) is 6.76. The Morgan fingerprint density at radius 1 is 1.03 bits per heavy atom. The third-order valence-electron chi connectivity index (χ3n) is 6.54. The van der Waals surface area contributed by atoms with Gasteiger partial charge in [0, 0.05) is 12.6 Å². The summed E-state index contributed by atoms with van der Waals surface area (Å²) in [5, 5.41) is 3.25. The van der Waals surface area contributed by atoms with E-state index >= 15 is 0 Å². The van der Waals surface area contributed by atoms with Crippen molar-refractivity contribution >= 4 is 23.4 Å². The van der Waals surface area contributed by atoms with E-state index in [4.69, 9.17) is 21.1 Å². The van der Waals surface area contributed by atoms with E-state index in [0.29, 0.717) is 17.1 Å². The maximum atomic E-state index is 13.9. The Balaban J connectivity index is 2.01. The van der Waals surface area contributed by atoms with Gasteiger partial charge in [0.05, 0.1) is 13.2 Å². The molecule has 2 aromatic rings. The first-order chi connectivity index (χ1) is 17.3. The maximum absolute atomic E-state index is 13.9. The molecule has 0 spiro atoms. The Bertz CT molecular complexity index is 1000. The highest BCUT2D eigenvalue weighted by molar-refractivity contribution is 6.27. The van der Waals surface area contributed by atoms with Gasteiger partial charge in [-0.25, -0.2) is 0 Å². The Labute approximate surface area is 220 Å². The highest BCUT2D eigenvalue weighted by Crippen LogP contribution is 2.34. The quantitative estimate of drug-likeness (QED) is 0.315. The number of nitrogens with one attached hydrogen (secondary N) is 1. The number of carbonyl (C=O) groups excluding carboxylic acids is 2. The Morgan fingerprint density at radius 3 is 2.28 bits per heavy atom. The lowest BCUT2D eigenvalue weighted by Crippen LogP contribution is -2.46. The van der Waals surface area contributed by atoms with Crippen LogP contribution in [0.1, 0.15) is 75.1 Å². The number of amides is 2. The summed E-state index contributed by atoms with van der Waals surface area (Å²) < 4.78 is 11.5. The van der Waals surface area contributed by atoms with Gasteiger partial charge in [-0.2, -0.15) is 0 Å². The molecule has 6 nitrogen and oxygen atoms in total. The van der Waals surface area contributed by atoms with Gasteiger partial charge in [0.2, 0.25) is 11.8 Å². The lowest BCUT2D eigenvalue weighted by molar-refractivity contribution is -0.140. The van der Waals surface area contributed by atoms with E-state index in [2.05, 4.69) is 5.32 Å². The molecule has 1 aliphatic carbocycles. The highest BCUT2D eigenvalue weighted by Gasteiger charge is 2.33. The normalized spacial score (nSPS) is 15.2. The molecule has 36 heavy (non-hydrogen) atoms. The second-order valence-corrected chi connectivity index (χ2v) is 10.1. The van der Waals surface area contributed by atoms with E-state index in [9.17, 15) is 9.59 Å². The van der Waals surface area contributed by atoms with Crippen molar-refractivity contribution in [2.75, 3.05) is 13.0 Å². The minimum atomic E-state index is -0.859. The van der Waals surface area contributed by atoms with Gasteiger partial charge in [0.15, 0.2) is 11.5 Å². The lowest BCUT2D eigenvalue weighted by Gasteiger charge is -2.33. The van der Waals surface area contributed by atoms with Crippen molar-refractivity contribution in [3.8, 4) is 11.5 Å². The summed E-state index contributed by atoms with van der Waals surface area (Å²) in [4.78, 5) is 28.6. The number of nitrogens with zero attached hydrogens (tertiary/aromatic N) is 1. The lowest BCUT2D eigenvalue weighted by atomic mass is 10.0. The second kappa shape index (κ2) is 13.5. The number of carbonyl (C=O) groups is 2. The molecular formula is C29H39ClN2O4. The SMILES string of the molecule is COc1cc(C(C(=O)NC2CCCCCC2)N(Cc2ccc(C)cc2)C(=O)CCl)ccc1OC(C)C.